The fraction of sp³-hybridized carbons (Fsp3) is 0.350. The highest BCUT2D eigenvalue weighted by Crippen LogP contribution is 2.29. The summed E-state index contributed by atoms with van der Waals surface area (Å²) in [6, 6.07) is 12.8. The van der Waals surface area contributed by atoms with Crippen LogP contribution in [0.4, 0.5) is 0 Å². The topological polar surface area (TPSA) is 42.0 Å². The van der Waals surface area contributed by atoms with Crippen molar-refractivity contribution in [3.05, 3.63) is 58.6 Å². The number of halogens is 1. The maximum atomic E-state index is 12.7. The maximum Gasteiger partial charge on any atom is 0.254 e. The van der Waals surface area contributed by atoms with Crippen molar-refractivity contribution in [2.45, 2.75) is 6.61 Å². The van der Waals surface area contributed by atoms with Crippen LogP contribution in [0.1, 0.15) is 15.9 Å². The fourth-order valence-corrected chi connectivity index (χ4v) is 2.98. The van der Waals surface area contributed by atoms with Crippen LogP contribution in [0.5, 0.6) is 11.5 Å². The standard InChI is InChI=1S/C20H23ClN2O3/c1-22-9-11-23(12-10-22)20(24)16-5-8-18(19(13-16)25-2)26-14-15-3-6-17(21)7-4-15/h3-8,13H,9-12,14H2,1-2H3. The summed E-state index contributed by atoms with van der Waals surface area (Å²) in [5.41, 5.74) is 1.62. The number of amides is 1. The first kappa shape index (κ1) is 18.5. The predicted octanol–water partition coefficient (Wildman–Crippen LogP) is 3.32. The molecular weight excluding hydrogens is 352 g/mol. The molecule has 5 nitrogen and oxygen atoms in total. The Hall–Kier alpha value is -2.24. The number of rotatable bonds is 5. The molecule has 0 N–H and O–H groups in total. The van der Waals surface area contributed by atoms with Crippen molar-refractivity contribution in [2.75, 3.05) is 40.3 Å². The van der Waals surface area contributed by atoms with E-state index in [0.717, 1.165) is 31.7 Å². The second-order valence-electron chi connectivity index (χ2n) is 6.38. The number of benzene rings is 2. The third-order valence-corrected chi connectivity index (χ3v) is 4.76. The van der Waals surface area contributed by atoms with E-state index in [0.29, 0.717) is 28.7 Å². The van der Waals surface area contributed by atoms with E-state index in [1.807, 2.05) is 29.2 Å². The van der Waals surface area contributed by atoms with E-state index in [1.54, 1.807) is 25.3 Å². The smallest absolute Gasteiger partial charge is 0.254 e. The van der Waals surface area contributed by atoms with E-state index in [-0.39, 0.29) is 5.91 Å². The van der Waals surface area contributed by atoms with Crippen LogP contribution in [0.25, 0.3) is 0 Å². The van der Waals surface area contributed by atoms with Gasteiger partial charge in [-0.3, -0.25) is 4.79 Å². The normalized spacial score (nSPS) is 15.0. The number of ether oxygens (including phenoxy) is 2. The second-order valence-corrected chi connectivity index (χ2v) is 6.81. The van der Waals surface area contributed by atoms with E-state index in [9.17, 15) is 4.79 Å². The zero-order chi connectivity index (χ0) is 18.5. The number of hydrogen-bond acceptors (Lipinski definition) is 4. The Bertz CT molecular complexity index is 756. The molecule has 1 amide bonds. The lowest BCUT2D eigenvalue weighted by Gasteiger charge is -2.32. The summed E-state index contributed by atoms with van der Waals surface area (Å²) in [6.45, 7) is 3.68. The second kappa shape index (κ2) is 8.43. The fourth-order valence-electron chi connectivity index (χ4n) is 2.85. The molecule has 0 atom stereocenters. The summed E-state index contributed by atoms with van der Waals surface area (Å²) in [5.74, 6) is 1.19. The zero-order valence-electron chi connectivity index (χ0n) is 15.1. The summed E-state index contributed by atoms with van der Waals surface area (Å²) in [7, 11) is 3.65. The average Bonchev–Trinajstić information content (AvgIpc) is 2.67. The number of hydrogen-bond donors (Lipinski definition) is 0. The number of methoxy groups -OCH3 is 1. The number of carbonyl (C=O) groups excluding carboxylic acids is 1. The first-order chi connectivity index (χ1) is 12.6. The van der Waals surface area contributed by atoms with Gasteiger partial charge in [0.25, 0.3) is 5.91 Å². The number of carbonyl (C=O) groups is 1. The molecule has 26 heavy (non-hydrogen) atoms. The molecule has 2 aromatic carbocycles. The Morgan fingerprint density at radius 1 is 1.04 bits per heavy atom. The molecule has 1 aliphatic heterocycles. The van der Waals surface area contributed by atoms with Crippen LogP contribution in [-0.2, 0) is 6.61 Å². The SMILES string of the molecule is COc1cc(C(=O)N2CCN(C)CC2)ccc1OCc1ccc(Cl)cc1. The van der Waals surface area contributed by atoms with E-state index in [4.69, 9.17) is 21.1 Å². The number of likely N-dealkylation sites (N-methyl/N-ethyl adjacent to an activating group) is 1. The van der Waals surface area contributed by atoms with E-state index in [2.05, 4.69) is 11.9 Å². The Morgan fingerprint density at radius 3 is 2.38 bits per heavy atom. The van der Waals surface area contributed by atoms with Gasteiger partial charge in [-0.25, -0.2) is 0 Å². The molecule has 0 aromatic heterocycles. The molecule has 2 aromatic rings. The van der Waals surface area contributed by atoms with Crippen LogP contribution < -0.4 is 9.47 Å². The van der Waals surface area contributed by atoms with Crippen molar-refractivity contribution in [1.82, 2.24) is 9.80 Å². The monoisotopic (exact) mass is 374 g/mol. The Kier molecular flexibility index (Phi) is 6.01. The Morgan fingerprint density at radius 2 is 1.73 bits per heavy atom. The van der Waals surface area contributed by atoms with Crippen molar-refractivity contribution < 1.29 is 14.3 Å². The summed E-state index contributed by atoms with van der Waals surface area (Å²) in [6.07, 6.45) is 0. The highest BCUT2D eigenvalue weighted by atomic mass is 35.5. The van der Waals surface area contributed by atoms with Gasteiger partial charge in [0.2, 0.25) is 0 Å². The maximum absolute atomic E-state index is 12.7. The largest absolute Gasteiger partial charge is 0.493 e. The first-order valence-electron chi connectivity index (χ1n) is 8.60. The van der Waals surface area contributed by atoms with Gasteiger partial charge in [-0.05, 0) is 42.9 Å². The van der Waals surface area contributed by atoms with Crippen LogP contribution in [0.2, 0.25) is 5.02 Å². The van der Waals surface area contributed by atoms with Gasteiger partial charge in [0.05, 0.1) is 7.11 Å². The summed E-state index contributed by atoms with van der Waals surface area (Å²) in [4.78, 5) is 16.8. The van der Waals surface area contributed by atoms with Crippen molar-refractivity contribution >= 4 is 17.5 Å². The van der Waals surface area contributed by atoms with Crippen molar-refractivity contribution in [2.24, 2.45) is 0 Å². The van der Waals surface area contributed by atoms with Gasteiger partial charge in [-0.2, -0.15) is 0 Å². The number of piperazine rings is 1. The van der Waals surface area contributed by atoms with Crippen molar-refractivity contribution in [1.29, 1.82) is 0 Å². The molecule has 1 heterocycles. The van der Waals surface area contributed by atoms with Gasteiger partial charge in [0.15, 0.2) is 11.5 Å². The minimum absolute atomic E-state index is 0.0284. The molecule has 6 heteroatoms. The quantitative estimate of drug-likeness (QED) is 0.805. The van der Waals surface area contributed by atoms with Crippen LogP contribution in [0, 0.1) is 0 Å². The Labute approximate surface area is 159 Å². The minimum atomic E-state index is 0.0284. The third kappa shape index (κ3) is 4.48. The lowest BCUT2D eigenvalue weighted by Crippen LogP contribution is -2.47. The van der Waals surface area contributed by atoms with Gasteiger partial charge in [-0.1, -0.05) is 23.7 Å². The summed E-state index contributed by atoms with van der Waals surface area (Å²) < 4.78 is 11.3. The molecule has 0 bridgehead atoms. The molecule has 138 valence electrons. The molecule has 3 rings (SSSR count). The molecule has 0 aliphatic carbocycles. The Balaban J connectivity index is 1.68. The predicted molar refractivity (Wildman–Crippen MR) is 102 cm³/mol. The molecule has 1 fully saturated rings. The first-order valence-corrected chi connectivity index (χ1v) is 8.97. The van der Waals surface area contributed by atoms with E-state index < -0.39 is 0 Å². The third-order valence-electron chi connectivity index (χ3n) is 4.51. The van der Waals surface area contributed by atoms with Crippen molar-refractivity contribution in [3.8, 4) is 11.5 Å². The minimum Gasteiger partial charge on any atom is -0.493 e. The lowest BCUT2D eigenvalue weighted by atomic mass is 10.1. The molecule has 1 aliphatic rings. The van der Waals surface area contributed by atoms with Crippen LogP contribution in [0.3, 0.4) is 0 Å². The molecule has 0 radical (unpaired) electrons. The van der Waals surface area contributed by atoms with Gasteiger partial charge in [-0.15, -0.1) is 0 Å². The molecule has 0 spiro atoms. The molecule has 0 saturated carbocycles. The van der Waals surface area contributed by atoms with Crippen molar-refractivity contribution in [3.63, 3.8) is 0 Å². The summed E-state index contributed by atoms with van der Waals surface area (Å²) in [5, 5.41) is 0.693. The van der Waals surface area contributed by atoms with Gasteiger partial charge < -0.3 is 19.3 Å². The highest BCUT2D eigenvalue weighted by molar-refractivity contribution is 6.30. The zero-order valence-corrected chi connectivity index (χ0v) is 15.8. The van der Waals surface area contributed by atoms with Crippen LogP contribution in [-0.4, -0.2) is 56.0 Å². The van der Waals surface area contributed by atoms with E-state index in [1.165, 1.54) is 0 Å². The average molecular weight is 375 g/mol. The lowest BCUT2D eigenvalue weighted by molar-refractivity contribution is 0.0663. The molecular formula is C20H23ClN2O3. The van der Waals surface area contributed by atoms with E-state index >= 15 is 0 Å². The number of nitrogens with zero attached hydrogens (tertiary/aromatic N) is 2. The van der Waals surface area contributed by atoms with Gasteiger partial charge >= 0.3 is 0 Å². The van der Waals surface area contributed by atoms with Gasteiger partial charge in [0, 0.05) is 36.8 Å². The molecule has 1 saturated heterocycles. The molecule has 0 unspecified atom stereocenters. The van der Waals surface area contributed by atoms with Crippen LogP contribution >= 0.6 is 11.6 Å². The van der Waals surface area contributed by atoms with Gasteiger partial charge in [0.1, 0.15) is 6.61 Å². The highest BCUT2D eigenvalue weighted by Gasteiger charge is 2.21. The summed E-state index contributed by atoms with van der Waals surface area (Å²) >= 11 is 5.90. The van der Waals surface area contributed by atoms with Crippen LogP contribution in [0.15, 0.2) is 42.5 Å².